The number of nitrogens with one attached hydrogen (secondary N) is 1. The predicted octanol–water partition coefficient (Wildman–Crippen LogP) is -0.231. The van der Waals surface area contributed by atoms with Gasteiger partial charge >= 0.3 is 0 Å². The van der Waals surface area contributed by atoms with Crippen LogP contribution in [0.5, 0.6) is 11.5 Å². The highest BCUT2D eigenvalue weighted by atomic mass is 32.2. The van der Waals surface area contributed by atoms with Crippen LogP contribution in [-0.4, -0.2) is 45.8 Å². The fraction of sp³-hybridized carbons (Fsp3) is 0.455. The average molecular weight is 273 g/mol. The summed E-state index contributed by atoms with van der Waals surface area (Å²) in [6.45, 7) is 0.324. The molecule has 0 bridgehead atoms. The molecule has 1 unspecified atom stereocenters. The number of likely N-dealkylation sites (N-methyl/N-ethyl adjacent to an activating group) is 1. The fourth-order valence-electron chi connectivity index (χ4n) is 1.71. The van der Waals surface area contributed by atoms with Crippen LogP contribution in [0.3, 0.4) is 0 Å². The van der Waals surface area contributed by atoms with Crippen molar-refractivity contribution in [3.8, 4) is 11.5 Å². The molecule has 1 heterocycles. The van der Waals surface area contributed by atoms with Crippen molar-refractivity contribution in [2.24, 2.45) is 0 Å². The van der Waals surface area contributed by atoms with E-state index in [0.717, 1.165) is 0 Å². The van der Waals surface area contributed by atoms with Crippen molar-refractivity contribution in [1.82, 2.24) is 5.32 Å². The van der Waals surface area contributed by atoms with Gasteiger partial charge in [0.25, 0.3) is 0 Å². The Morgan fingerprint density at radius 2 is 2.11 bits per heavy atom. The van der Waals surface area contributed by atoms with Gasteiger partial charge in [-0.3, -0.25) is 0 Å². The van der Waals surface area contributed by atoms with Gasteiger partial charge in [-0.15, -0.1) is 0 Å². The van der Waals surface area contributed by atoms with E-state index in [1.807, 2.05) is 0 Å². The van der Waals surface area contributed by atoms with Gasteiger partial charge in [-0.05, 0) is 19.2 Å². The Morgan fingerprint density at radius 3 is 2.83 bits per heavy atom. The summed E-state index contributed by atoms with van der Waals surface area (Å²) >= 11 is 0. The quantitative estimate of drug-likeness (QED) is 0.771. The molecule has 0 aromatic heterocycles. The summed E-state index contributed by atoms with van der Waals surface area (Å²) < 4.78 is 34.3. The van der Waals surface area contributed by atoms with Gasteiger partial charge in [0.1, 0.15) is 0 Å². The number of benzene rings is 1. The van der Waals surface area contributed by atoms with Crippen LogP contribution in [0.25, 0.3) is 0 Å². The van der Waals surface area contributed by atoms with Crippen LogP contribution < -0.4 is 14.8 Å². The summed E-state index contributed by atoms with van der Waals surface area (Å²) in [6, 6.07) is 4.43. The highest BCUT2D eigenvalue weighted by Gasteiger charge is 2.22. The van der Waals surface area contributed by atoms with Crippen LogP contribution in [0, 0.1) is 0 Å². The summed E-state index contributed by atoms with van der Waals surface area (Å²) in [5.41, 5.74) is 0. The number of sulfone groups is 1. The summed E-state index contributed by atoms with van der Waals surface area (Å²) in [7, 11) is -1.88. The van der Waals surface area contributed by atoms with Crippen molar-refractivity contribution >= 4 is 9.84 Å². The maximum absolute atomic E-state index is 12.0. The summed E-state index contributed by atoms with van der Waals surface area (Å²) in [4.78, 5) is 0.127. The van der Waals surface area contributed by atoms with E-state index < -0.39 is 15.9 Å². The molecule has 7 heteroatoms. The molecule has 1 aliphatic heterocycles. The molecule has 0 saturated heterocycles. The second-order valence-corrected chi connectivity index (χ2v) is 6.04. The van der Waals surface area contributed by atoms with Crippen molar-refractivity contribution in [2.75, 3.05) is 26.1 Å². The summed E-state index contributed by atoms with van der Waals surface area (Å²) in [5.74, 6) is 0.622. The van der Waals surface area contributed by atoms with E-state index in [0.29, 0.717) is 11.5 Å². The molecule has 1 atom stereocenters. The number of ether oxygens (including phenoxy) is 2. The number of fused-ring (bicyclic) bond motifs is 1. The molecule has 2 rings (SSSR count). The second-order valence-electron chi connectivity index (χ2n) is 4.01. The van der Waals surface area contributed by atoms with Gasteiger partial charge in [-0.25, -0.2) is 8.42 Å². The molecule has 0 fully saturated rings. The lowest BCUT2D eigenvalue weighted by atomic mass is 10.3. The van der Waals surface area contributed by atoms with E-state index in [9.17, 15) is 13.5 Å². The zero-order valence-electron chi connectivity index (χ0n) is 9.92. The van der Waals surface area contributed by atoms with Gasteiger partial charge in [0.2, 0.25) is 6.79 Å². The first-order valence-corrected chi connectivity index (χ1v) is 7.13. The van der Waals surface area contributed by atoms with Crippen LogP contribution in [0.15, 0.2) is 23.1 Å². The van der Waals surface area contributed by atoms with E-state index in [1.54, 1.807) is 13.1 Å². The minimum Gasteiger partial charge on any atom is -0.454 e. The Labute approximate surface area is 105 Å². The third kappa shape index (κ3) is 2.74. The van der Waals surface area contributed by atoms with Crippen molar-refractivity contribution in [3.63, 3.8) is 0 Å². The Hall–Kier alpha value is -1.31. The lowest BCUT2D eigenvalue weighted by Gasteiger charge is -2.10. The SMILES string of the molecule is CNCC(O)CS(=O)(=O)c1ccc2c(c1)OCO2. The molecule has 0 amide bonds. The van der Waals surface area contributed by atoms with E-state index in [4.69, 9.17) is 9.47 Å². The van der Waals surface area contributed by atoms with Gasteiger partial charge in [0.05, 0.1) is 16.8 Å². The van der Waals surface area contributed by atoms with Crippen molar-refractivity contribution < 1.29 is 23.0 Å². The van der Waals surface area contributed by atoms with Crippen molar-refractivity contribution in [1.29, 1.82) is 0 Å². The van der Waals surface area contributed by atoms with Crippen molar-refractivity contribution in [2.45, 2.75) is 11.0 Å². The first kappa shape index (κ1) is 13.1. The number of hydrogen-bond acceptors (Lipinski definition) is 6. The Kier molecular flexibility index (Phi) is 3.74. The predicted molar refractivity (Wildman–Crippen MR) is 64.6 cm³/mol. The minimum absolute atomic E-state index is 0.0984. The lowest BCUT2D eigenvalue weighted by Crippen LogP contribution is -2.30. The molecule has 18 heavy (non-hydrogen) atoms. The van der Waals surface area contributed by atoms with E-state index >= 15 is 0 Å². The summed E-state index contributed by atoms with van der Waals surface area (Å²) in [5, 5.41) is 12.3. The lowest BCUT2D eigenvalue weighted by molar-refractivity contribution is 0.174. The molecule has 2 N–H and O–H groups in total. The number of aliphatic hydroxyl groups excluding tert-OH is 1. The third-order valence-corrected chi connectivity index (χ3v) is 4.35. The third-order valence-electron chi connectivity index (χ3n) is 2.55. The molecule has 100 valence electrons. The van der Waals surface area contributed by atoms with E-state index in [-0.39, 0.29) is 24.0 Å². The molecule has 0 aliphatic carbocycles. The molecule has 1 aromatic rings. The van der Waals surface area contributed by atoms with Crippen LogP contribution in [0.1, 0.15) is 0 Å². The summed E-state index contributed by atoms with van der Waals surface area (Å²) in [6.07, 6.45) is -0.939. The molecule has 6 nitrogen and oxygen atoms in total. The topological polar surface area (TPSA) is 84.9 Å². The molecular formula is C11H15NO5S. The van der Waals surface area contributed by atoms with Gasteiger partial charge in [-0.1, -0.05) is 0 Å². The second kappa shape index (κ2) is 5.13. The highest BCUT2D eigenvalue weighted by Crippen LogP contribution is 2.34. The molecule has 0 spiro atoms. The molecule has 0 saturated carbocycles. The van der Waals surface area contributed by atoms with Crippen LogP contribution >= 0.6 is 0 Å². The molecule has 1 aliphatic rings. The monoisotopic (exact) mass is 273 g/mol. The maximum Gasteiger partial charge on any atom is 0.231 e. The zero-order valence-corrected chi connectivity index (χ0v) is 10.7. The number of rotatable bonds is 5. The molecule has 0 radical (unpaired) electrons. The smallest absolute Gasteiger partial charge is 0.231 e. The van der Waals surface area contributed by atoms with Crippen molar-refractivity contribution in [3.05, 3.63) is 18.2 Å². The van der Waals surface area contributed by atoms with Crippen LogP contribution in [0.2, 0.25) is 0 Å². The van der Waals surface area contributed by atoms with E-state index in [1.165, 1.54) is 12.1 Å². The molecule has 1 aromatic carbocycles. The molecular weight excluding hydrogens is 258 g/mol. The van der Waals surface area contributed by atoms with E-state index in [2.05, 4.69) is 5.32 Å². The number of aliphatic hydroxyl groups is 1. The largest absolute Gasteiger partial charge is 0.454 e. The normalized spacial score (nSPS) is 15.7. The Balaban J connectivity index is 2.19. The van der Waals surface area contributed by atoms with Gasteiger partial charge in [0.15, 0.2) is 21.3 Å². The standard InChI is InChI=1S/C11H15NO5S/c1-12-5-8(13)6-18(14,15)9-2-3-10-11(4-9)17-7-16-10/h2-4,8,12-13H,5-7H2,1H3. The van der Waals surface area contributed by atoms with Crippen LogP contribution in [0.4, 0.5) is 0 Å². The highest BCUT2D eigenvalue weighted by molar-refractivity contribution is 7.91. The number of hydrogen-bond donors (Lipinski definition) is 2. The van der Waals surface area contributed by atoms with Gasteiger partial charge in [-0.2, -0.15) is 0 Å². The maximum atomic E-state index is 12.0. The van der Waals surface area contributed by atoms with Gasteiger partial charge in [0, 0.05) is 12.6 Å². The first-order chi connectivity index (χ1) is 8.53. The fourth-order valence-corrected chi connectivity index (χ4v) is 3.09. The Morgan fingerprint density at radius 1 is 1.39 bits per heavy atom. The first-order valence-electron chi connectivity index (χ1n) is 5.48. The minimum atomic E-state index is -3.53. The van der Waals surface area contributed by atoms with Crippen LogP contribution in [-0.2, 0) is 9.84 Å². The zero-order chi connectivity index (χ0) is 13.2. The average Bonchev–Trinajstić information content (AvgIpc) is 2.75. The van der Waals surface area contributed by atoms with Gasteiger partial charge < -0.3 is 19.9 Å². The Bertz CT molecular complexity index is 528.